The van der Waals surface area contributed by atoms with E-state index in [0.717, 1.165) is 12.8 Å². The van der Waals surface area contributed by atoms with Gasteiger partial charge in [0.25, 0.3) is 5.91 Å². The molecule has 4 rings (SSSR count). The van der Waals surface area contributed by atoms with Gasteiger partial charge in [0.2, 0.25) is 5.91 Å². The van der Waals surface area contributed by atoms with E-state index in [-0.39, 0.29) is 30.8 Å². The second-order valence-electron chi connectivity index (χ2n) is 8.45. The first-order chi connectivity index (χ1) is 13.7. The highest BCUT2D eigenvalue weighted by molar-refractivity contribution is 6.04. The first kappa shape index (κ1) is 19.2. The third kappa shape index (κ3) is 4.01. The second-order valence-corrected chi connectivity index (χ2v) is 8.45. The van der Waals surface area contributed by atoms with Crippen molar-refractivity contribution >= 4 is 23.7 Å². The van der Waals surface area contributed by atoms with E-state index < -0.39 is 11.7 Å². The van der Waals surface area contributed by atoms with Crippen molar-refractivity contribution in [3.05, 3.63) is 47.2 Å². The Hall–Kier alpha value is -3.16. The number of fused-ring (bicyclic) bond motifs is 1. The molecule has 1 N–H and O–H groups in total. The molecular weight excluding hydrogens is 372 g/mol. The molecule has 1 aliphatic carbocycles. The number of nitrogens with zero attached hydrogens (tertiary/aromatic N) is 3. The van der Waals surface area contributed by atoms with Crippen molar-refractivity contribution in [1.29, 1.82) is 0 Å². The van der Waals surface area contributed by atoms with Crippen molar-refractivity contribution < 1.29 is 19.1 Å². The van der Waals surface area contributed by atoms with Gasteiger partial charge in [0.15, 0.2) is 5.82 Å². The molecule has 8 heteroatoms. The Morgan fingerprint density at radius 1 is 1.10 bits per heavy atom. The van der Waals surface area contributed by atoms with Crippen LogP contribution in [0.5, 0.6) is 0 Å². The Balaban J connectivity index is 1.61. The summed E-state index contributed by atoms with van der Waals surface area (Å²) >= 11 is 0. The van der Waals surface area contributed by atoms with E-state index in [0.29, 0.717) is 22.6 Å². The number of carbonyl (C=O) groups is 3. The van der Waals surface area contributed by atoms with E-state index in [1.807, 2.05) is 6.07 Å². The number of rotatable bonds is 3. The maximum absolute atomic E-state index is 12.7. The van der Waals surface area contributed by atoms with Crippen LogP contribution in [0.1, 0.15) is 60.0 Å². The summed E-state index contributed by atoms with van der Waals surface area (Å²) in [5, 5.41) is 7.18. The normalized spacial score (nSPS) is 15.8. The summed E-state index contributed by atoms with van der Waals surface area (Å²) in [6.45, 7) is 5.86. The lowest BCUT2D eigenvalue weighted by Crippen LogP contribution is -2.34. The number of amides is 2. The molecule has 0 saturated heterocycles. The van der Waals surface area contributed by atoms with Crippen LogP contribution in [0.25, 0.3) is 0 Å². The van der Waals surface area contributed by atoms with E-state index in [4.69, 9.17) is 4.74 Å². The number of carbonyl (C=O) groups excluding carboxylic acids is 3. The summed E-state index contributed by atoms with van der Waals surface area (Å²) in [4.78, 5) is 39.3. The minimum Gasteiger partial charge on any atom is -0.444 e. The van der Waals surface area contributed by atoms with Gasteiger partial charge in [-0.1, -0.05) is 18.2 Å². The SMILES string of the molecule is CC(C)(C)OC(=O)N1Cc2c(NC(=O)c3ccccc3)nn(C(=O)C3CC3)c2C1. The Kier molecular flexibility index (Phi) is 4.64. The number of ether oxygens (including phenoxy) is 1. The Morgan fingerprint density at radius 3 is 2.41 bits per heavy atom. The van der Waals surface area contributed by atoms with Gasteiger partial charge < -0.3 is 10.1 Å². The maximum Gasteiger partial charge on any atom is 0.410 e. The summed E-state index contributed by atoms with van der Waals surface area (Å²) in [5.41, 5.74) is 1.18. The number of nitrogens with one attached hydrogen (secondary N) is 1. The van der Waals surface area contributed by atoms with Crippen LogP contribution >= 0.6 is 0 Å². The van der Waals surface area contributed by atoms with Crippen molar-refractivity contribution in [3.63, 3.8) is 0 Å². The van der Waals surface area contributed by atoms with Crippen molar-refractivity contribution in [2.45, 2.75) is 52.3 Å². The smallest absolute Gasteiger partial charge is 0.410 e. The van der Waals surface area contributed by atoms with Gasteiger partial charge in [-0.25, -0.2) is 9.48 Å². The van der Waals surface area contributed by atoms with E-state index >= 15 is 0 Å². The number of anilines is 1. The predicted molar refractivity (Wildman–Crippen MR) is 105 cm³/mol. The van der Waals surface area contributed by atoms with Crippen molar-refractivity contribution in [2.75, 3.05) is 5.32 Å². The molecule has 152 valence electrons. The molecule has 0 atom stereocenters. The molecule has 2 aromatic rings. The Labute approximate surface area is 168 Å². The van der Waals surface area contributed by atoms with Crippen LogP contribution in [-0.2, 0) is 17.8 Å². The first-order valence-electron chi connectivity index (χ1n) is 9.72. The highest BCUT2D eigenvalue weighted by atomic mass is 16.6. The lowest BCUT2D eigenvalue weighted by molar-refractivity contribution is 0.0237. The molecule has 2 amide bonds. The summed E-state index contributed by atoms with van der Waals surface area (Å²) in [7, 11) is 0. The second kappa shape index (κ2) is 7.02. The van der Waals surface area contributed by atoms with Crippen LogP contribution in [0.15, 0.2) is 30.3 Å². The summed E-state index contributed by atoms with van der Waals surface area (Å²) in [6, 6.07) is 8.79. The molecular formula is C21H24N4O4. The molecule has 0 bridgehead atoms. The molecule has 29 heavy (non-hydrogen) atoms. The van der Waals surface area contributed by atoms with Crippen molar-refractivity contribution in [2.24, 2.45) is 5.92 Å². The highest BCUT2D eigenvalue weighted by Crippen LogP contribution is 2.35. The fourth-order valence-corrected chi connectivity index (χ4v) is 3.25. The minimum atomic E-state index is -0.619. The summed E-state index contributed by atoms with van der Waals surface area (Å²) < 4.78 is 6.82. The maximum atomic E-state index is 12.7. The average molecular weight is 396 g/mol. The molecule has 1 fully saturated rings. The average Bonchev–Trinajstić information content (AvgIpc) is 3.33. The van der Waals surface area contributed by atoms with Crippen LogP contribution in [-0.4, -0.2) is 38.2 Å². The van der Waals surface area contributed by atoms with Gasteiger partial charge in [0, 0.05) is 17.0 Å². The van der Waals surface area contributed by atoms with E-state index in [1.54, 1.807) is 45.0 Å². The van der Waals surface area contributed by atoms with Crippen LogP contribution in [0.4, 0.5) is 10.6 Å². The molecule has 0 unspecified atom stereocenters. The molecule has 1 aromatic carbocycles. The third-order valence-corrected chi connectivity index (χ3v) is 4.83. The standard InChI is InChI=1S/C21H24N4O4/c1-21(2,3)29-20(28)24-11-15-16(12-24)25(19(27)14-9-10-14)23-17(15)22-18(26)13-7-5-4-6-8-13/h4-8,14H,9-12H2,1-3H3,(H,22,23,26). The lowest BCUT2D eigenvalue weighted by atomic mass is 10.2. The zero-order valence-electron chi connectivity index (χ0n) is 16.8. The molecule has 8 nitrogen and oxygen atoms in total. The van der Waals surface area contributed by atoms with E-state index in [2.05, 4.69) is 10.4 Å². The summed E-state index contributed by atoms with van der Waals surface area (Å²) in [6.07, 6.45) is 1.23. The van der Waals surface area contributed by atoms with Gasteiger partial charge in [-0.2, -0.15) is 0 Å². The monoisotopic (exact) mass is 396 g/mol. The first-order valence-corrected chi connectivity index (χ1v) is 9.72. The lowest BCUT2D eigenvalue weighted by Gasteiger charge is -2.24. The topological polar surface area (TPSA) is 93.5 Å². The Bertz CT molecular complexity index is 971. The van der Waals surface area contributed by atoms with Gasteiger partial charge in [0.05, 0.1) is 18.8 Å². The highest BCUT2D eigenvalue weighted by Gasteiger charge is 2.39. The van der Waals surface area contributed by atoms with Gasteiger partial charge in [0.1, 0.15) is 5.60 Å². The fourth-order valence-electron chi connectivity index (χ4n) is 3.25. The molecule has 0 radical (unpaired) electrons. The van der Waals surface area contributed by atoms with Crippen LogP contribution in [0.3, 0.4) is 0 Å². The molecule has 2 heterocycles. The molecule has 1 aliphatic heterocycles. The van der Waals surface area contributed by atoms with Crippen molar-refractivity contribution in [1.82, 2.24) is 14.7 Å². The van der Waals surface area contributed by atoms with E-state index in [9.17, 15) is 14.4 Å². The Morgan fingerprint density at radius 2 is 1.79 bits per heavy atom. The zero-order chi connectivity index (χ0) is 20.8. The van der Waals surface area contributed by atoms with E-state index in [1.165, 1.54) is 9.58 Å². The molecule has 1 aromatic heterocycles. The van der Waals surface area contributed by atoms with Crippen LogP contribution in [0, 0.1) is 5.92 Å². The fraction of sp³-hybridized carbons (Fsp3) is 0.429. The van der Waals surface area contributed by atoms with Gasteiger partial charge >= 0.3 is 6.09 Å². The minimum absolute atomic E-state index is 0.0350. The number of benzene rings is 1. The van der Waals surface area contributed by atoms with Crippen LogP contribution < -0.4 is 5.32 Å². The van der Waals surface area contributed by atoms with Gasteiger partial charge in [-0.05, 0) is 45.7 Å². The number of hydrogen-bond acceptors (Lipinski definition) is 5. The molecule has 0 spiro atoms. The zero-order valence-corrected chi connectivity index (χ0v) is 16.8. The largest absolute Gasteiger partial charge is 0.444 e. The quantitative estimate of drug-likeness (QED) is 0.858. The van der Waals surface area contributed by atoms with Crippen molar-refractivity contribution in [3.8, 4) is 0 Å². The number of aromatic nitrogens is 2. The number of hydrogen-bond donors (Lipinski definition) is 1. The van der Waals surface area contributed by atoms with Gasteiger partial charge in [-0.15, -0.1) is 5.10 Å². The summed E-state index contributed by atoms with van der Waals surface area (Å²) in [5.74, 6) is -0.124. The predicted octanol–water partition coefficient (Wildman–Crippen LogP) is 3.44. The molecule has 1 saturated carbocycles. The van der Waals surface area contributed by atoms with Crippen LogP contribution in [0.2, 0.25) is 0 Å². The van der Waals surface area contributed by atoms with Gasteiger partial charge in [-0.3, -0.25) is 14.5 Å². The molecule has 2 aliphatic rings. The third-order valence-electron chi connectivity index (χ3n) is 4.83.